The Kier molecular flexibility index (Phi) is 4.89. The van der Waals surface area contributed by atoms with Crippen LogP contribution < -0.4 is 0 Å². The number of H-pyrrole nitrogens is 1. The molecule has 2 N–H and O–H groups in total. The highest BCUT2D eigenvalue weighted by atomic mass is 19.4. The van der Waals surface area contributed by atoms with E-state index >= 15 is 0 Å². The van der Waals surface area contributed by atoms with Gasteiger partial charge in [0.1, 0.15) is 5.57 Å². The Labute approximate surface area is 112 Å². The maximum atomic E-state index is 12.4. The third-order valence-corrected chi connectivity index (χ3v) is 2.04. The van der Waals surface area contributed by atoms with E-state index in [0.717, 1.165) is 0 Å². The molecule has 0 aliphatic carbocycles. The van der Waals surface area contributed by atoms with Crippen molar-refractivity contribution in [3.63, 3.8) is 0 Å². The summed E-state index contributed by atoms with van der Waals surface area (Å²) in [5.74, 6) is -3.32. The van der Waals surface area contributed by atoms with Crippen molar-refractivity contribution >= 4 is 18.0 Å². The van der Waals surface area contributed by atoms with Gasteiger partial charge in [-0.25, -0.2) is 9.79 Å². The van der Waals surface area contributed by atoms with Crippen LogP contribution in [0.1, 0.15) is 12.6 Å². The normalized spacial score (nSPS) is 13.4. The van der Waals surface area contributed by atoms with Crippen molar-refractivity contribution in [2.45, 2.75) is 20.0 Å². The third kappa shape index (κ3) is 4.11. The molecule has 0 aliphatic rings. The molecule has 0 aliphatic heterocycles. The number of aromatic nitrogens is 2. The van der Waals surface area contributed by atoms with E-state index in [9.17, 15) is 18.0 Å². The van der Waals surface area contributed by atoms with Crippen molar-refractivity contribution < 1.29 is 27.8 Å². The number of halogens is 3. The third-order valence-electron chi connectivity index (χ3n) is 2.04. The second-order valence-corrected chi connectivity index (χ2v) is 3.65. The van der Waals surface area contributed by atoms with E-state index in [1.165, 1.54) is 13.0 Å². The van der Waals surface area contributed by atoms with Crippen LogP contribution in [0.3, 0.4) is 0 Å². The molecule has 0 atom stereocenters. The zero-order valence-electron chi connectivity index (χ0n) is 10.7. The van der Waals surface area contributed by atoms with Gasteiger partial charge in [-0.15, -0.1) is 0 Å². The summed E-state index contributed by atoms with van der Waals surface area (Å²) in [6.07, 6.45) is -4.51. The van der Waals surface area contributed by atoms with Crippen LogP contribution in [0.2, 0.25) is 0 Å². The lowest BCUT2D eigenvalue weighted by Gasteiger charge is -2.08. The molecule has 1 heterocycles. The molecule has 20 heavy (non-hydrogen) atoms. The Hall–Kier alpha value is -2.32. The first-order valence-corrected chi connectivity index (χ1v) is 5.49. The molecule has 0 amide bonds. The van der Waals surface area contributed by atoms with E-state index in [2.05, 4.69) is 19.9 Å². The Morgan fingerprint density at radius 2 is 2.25 bits per heavy atom. The minimum absolute atomic E-state index is 0.0688. The van der Waals surface area contributed by atoms with Gasteiger partial charge in [-0.2, -0.15) is 18.3 Å². The molecule has 0 unspecified atom stereocenters. The zero-order chi connectivity index (χ0) is 15.3. The number of carbonyl (C=O) groups excluding carboxylic acids is 1. The van der Waals surface area contributed by atoms with Crippen molar-refractivity contribution in [3.05, 3.63) is 23.1 Å². The molecule has 1 aromatic heterocycles. The second kappa shape index (κ2) is 6.22. The summed E-state index contributed by atoms with van der Waals surface area (Å²) in [4.78, 5) is 15.0. The van der Waals surface area contributed by atoms with Gasteiger partial charge in [0.05, 0.1) is 6.61 Å². The number of alkyl halides is 3. The standard InChI is InChI=1S/C11H12F3N3O3/c1-3-20-10(19)7(9(18)11(12,13)14)5-15-8-4-6(2)16-17-8/h4-5,18H,3H2,1-2H3,(H,16,17). The van der Waals surface area contributed by atoms with Crippen LogP contribution in [0.25, 0.3) is 0 Å². The molecule has 0 bridgehead atoms. The molecule has 1 aromatic rings. The van der Waals surface area contributed by atoms with Crippen molar-refractivity contribution in [3.8, 4) is 0 Å². The second-order valence-electron chi connectivity index (χ2n) is 3.65. The van der Waals surface area contributed by atoms with Crippen LogP contribution in [-0.4, -0.2) is 40.3 Å². The maximum absolute atomic E-state index is 12.4. The number of carbonyl (C=O) groups is 1. The van der Waals surface area contributed by atoms with Gasteiger partial charge in [0.25, 0.3) is 0 Å². The molecule has 110 valence electrons. The van der Waals surface area contributed by atoms with Gasteiger partial charge in [-0.3, -0.25) is 5.10 Å². The molecule has 1 rings (SSSR count). The molecular formula is C11H12F3N3O3. The summed E-state index contributed by atoms with van der Waals surface area (Å²) in [6.45, 7) is 2.96. The van der Waals surface area contributed by atoms with Crippen LogP contribution in [0, 0.1) is 6.92 Å². The largest absolute Gasteiger partial charge is 0.504 e. The van der Waals surface area contributed by atoms with Gasteiger partial charge in [-0.1, -0.05) is 0 Å². The first-order valence-electron chi connectivity index (χ1n) is 5.49. The fourth-order valence-electron chi connectivity index (χ4n) is 1.17. The predicted molar refractivity (Wildman–Crippen MR) is 63.8 cm³/mol. The predicted octanol–water partition coefficient (Wildman–Crippen LogP) is 2.36. The molecule has 9 heteroatoms. The number of nitrogens with zero attached hydrogens (tertiary/aromatic N) is 2. The molecule has 6 nitrogen and oxygen atoms in total. The van der Waals surface area contributed by atoms with E-state index < -0.39 is 23.5 Å². The highest BCUT2D eigenvalue weighted by molar-refractivity contribution is 6.10. The van der Waals surface area contributed by atoms with E-state index in [-0.39, 0.29) is 12.4 Å². The highest BCUT2D eigenvalue weighted by Crippen LogP contribution is 2.26. The number of aliphatic imine (C=N–C) groups is 1. The first-order chi connectivity index (χ1) is 9.25. The molecule has 0 fully saturated rings. The van der Waals surface area contributed by atoms with Gasteiger partial charge >= 0.3 is 12.1 Å². The Morgan fingerprint density at radius 1 is 1.60 bits per heavy atom. The summed E-state index contributed by atoms with van der Waals surface area (Å²) in [5, 5.41) is 15.2. The molecule has 0 spiro atoms. The summed E-state index contributed by atoms with van der Waals surface area (Å²) < 4.78 is 41.7. The number of aryl methyl sites for hydroxylation is 1. The lowest BCUT2D eigenvalue weighted by molar-refractivity contribution is -0.141. The first kappa shape index (κ1) is 15.7. The van der Waals surface area contributed by atoms with E-state index in [0.29, 0.717) is 11.9 Å². The lowest BCUT2D eigenvalue weighted by atomic mass is 10.2. The van der Waals surface area contributed by atoms with Crippen LogP contribution in [-0.2, 0) is 9.53 Å². The van der Waals surface area contributed by atoms with Gasteiger partial charge < -0.3 is 9.84 Å². The Bertz CT molecular complexity index is 547. The van der Waals surface area contributed by atoms with Crippen LogP contribution in [0.5, 0.6) is 0 Å². The van der Waals surface area contributed by atoms with Crippen molar-refractivity contribution in [2.24, 2.45) is 4.99 Å². The number of ether oxygens (including phenoxy) is 1. The summed E-state index contributed by atoms with van der Waals surface area (Å²) in [7, 11) is 0. The van der Waals surface area contributed by atoms with Crippen molar-refractivity contribution in [1.82, 2.24) is 10.2 Å². The summed E-state index contributed by atoms with van der Waals surface area (Å²) in [5.41, 5.74) is -0.445. The summed E-state index contributed by atoms with van der Waals surface area (Å²) >= 11 is 0. The van der Waals surface area contributed by atoms with E-state index in [1.54, 1.807) is 6.92 Å². The van der Waals surface area contributed by atoms with Gasteiger partial charge in [0.15, 0.2) is 5.82 Å². The number of esters is 1. The van der Waals surface area contributed by atoms with Crippen LogP contribution in [0.4, 0.5) is 19.0 Å². The monoisotopic (exact) mass is 291 g/mol. The Balaban J connectivity index is 3.12. The topological polar surface area (TPSA) is 87.6 Å². The van der Waals surface area contributed by atoms with Gasteiger partial charge in [-0.05, 0) is 13.8 Å². The minimum Gasteiger partial charge on any atom is -0.504 e. The lowest BCUT2D eigenvalue weighted by Crippen LogP contribution is -2.20. The van der Waals surface area contributed by atoms with Gasteiger partial charge in [0.2, 0.25) is 5.76 Å². The number of aromatic amines is 1. The van der Waals surface area contributed by atoms with Crippen LogP contribution >= 0.6 is 0 Å². The molecule has 0 radical (unpaired) electrons. The number of hydrogen-bond donors (Lipinski definition) is 2. The molecule has 0 saturated carbocycles. The average molecular weight is 291 g/mol. The number of aliphatic hydroxyl groups is 1. The van der Waals surface area contributed by atoms with E-state index in [4.69, 9.17) is 5.11 Å². The highest BCUT2D eigenvalue weighted by Gasteiger charge is 2.38. The number of nitrogens with one attached hydrogen (secondary N) is 1. The Morgan fingerprint density at radius 3 is 2.70 bits per heavy atom. The van der Waals surface area contributed by atoms with Crippen molar-refractivity contribution in [1.29, 1.82) is 0 Å². The fourth-order valence-corrected chi connectivity index (χ4v) is 1.17. The summed E-state index contributed by atoms with van der Waals surface area (Å²) in [6, 6.07) is 1.45. The number of allylic oxidation sites excluding steroid dienone is 1. The van der Waals surface area contributed by atoms with Crippen LogP contribution in [0.15, 0.2) is 22.4 Å². The minimum atomic E-state index is -5.07. The van der Waals surface area contributed by atoms with E-state index in [1.807, 2.05) is 0 Å². The molecular weight excluding hydrogens is 279 g/mol. The van der Waals surface area contributed by atoms with Gasteiger partial charge in [0, 0.05) is 18.0 Å². The number of hydrogen-bond acceptors (Lipinski definition) is 5. The average Bonchev–Trinajstić information content (AvgIpc) is 2.74. The maximum Gasteiger partial charge on any atom is 0.449 e. The SMILES string of the molecule is CCOC(=O)C(C=Nc1cc(C)[nH]n1)=C(O)C(F)(F)F. The zero-order valence-corrected chi connectivity index (χ0v) is 10.7. The quantitative estimate of drug-likeness (QED) is 0.386. The smallest absolute Gasteiger partial charge is 0.449 e. The number of rotatable bonds is 4. The number of aliphatic hydroxyl groups excluding tert-OH is 1. The van der Waals surface area contributed by atoms with Crippen molar-refractivity contribution in [2.75, 3.05) is 6.61 Å². The fraction of sp³-hybridized carbons (Fsp3) is 0.364. The molecule has 0 aromatic carbocycles. The molecule has 0 saturated heterocycles.